The molecule has 4 atom stereocenters. The number of carbonyl (C=O) groups is 3. The normalized spacial score (nSPS) is 23.4. The summed E-state index contributed by atoms with van der Waals surface area (Å²) in [5.41, 5.74) is 1.80. The molecule has 6 nitrogen and oxygen atoms in total. The van der Waals surface area contributed by atoms with Crippen molar-refractivity contribution in [1.29, 1.82) is 0 Å². The van der Waals surface area contributed by atoms with Gasteiger partial charge >= 0.3 is 11.9 Å². The van der Waals surface area contributed by atoms with E-state index in [2.05, 4.69) is 19.6 Å². The fourth-order valence-electron chi connectivity index (χ4n) is 4.99. The van der Waals surface area contributed by atoms with E-state index >= 15 is 0 Å². The van der Waals surface area contributed by atoms with Gasteiger partial charge in [0.15, 0.2) is 0 Å². The number of ketones is 1. The number of carbonyl (C=O) groups excluding carboxylic acids is 3. The van der Waals surface area contributed by atoms with Gasteiger partial charge in [-0.2, -0.15) is 0 Å². The number of hydrogen-bond donors (Lipinski definition) is 1. The van der Waals surface area contributed by atoms with E-state index in [-0.39, 0.29) is 31.2 Å². The highest BCUT2D eigenvalue weighted by Gasteiger charge is 2.57. The molecular formula is C26H29FO6Si. The summed E-state index contributed by atoms with van der Waals surface area (Å²) < 4.78 is 24.6. The average molecular weight is 485 g/mol. The quantitative estimate of drug-likeness (QED) is 0.458. The molecule has 0 saturated heterocycles. The predicted molar refractivity (Wildman–Crippen MR) is 126 cm³/mol. The van der Waals surface area contributed by atoms with Crippen LogP contribution in [0.3, 0.4) is 0 Å². The van der Waals surface area contributed by atoms with Gasteiger partial charge in [-0.1, -0.05) is 37.8 Å². The first kappa shape index (κ1) is 24.1. The smallest absolute Gasteiger partial charge is 0.311 e. The monoisotopic (exact) mass is 484 g/mol. The maximum atomic E-state index is 13.5. The number of Topliss-reactive ketones (excluding diaryl/α,β-unsaturated/α-hetero) is 1. The molecule has 0 aliphatic heterocycles. The molecule has 3 aliphatic carbocycles. The SMILES string of the molecule is C[Si](C)(C)CCOC(=O)C1C2CC(=O)C(c3cc(O)ccc32)C1C(=O)OCc1cccc(F)c1. The van der Waals surface area contributed by atoms with Crippen molar-refractivity contribution in [3.63, 3.8) is 0 Å². The Morgan fingerprint density at radius 3 is 2.47 bits per heavy atom. The van der Waals surface area contributed by atoms with Crippen LogP contribution < -0.4 is 0 Å². The maximum absolute atomic E-state index is 13.5. The molecule has 0 aromatic heterocycles. The largest absolute Gasteiger partial charge is 0.508 e. The Kier molecular flexibility index (Phi) is 6.62. The van der Waals surface area contributed by atoms with Gasteiger partial charge in [0.05, 0.1) is 24.4 Å². The lowest BCUT2D eigenvalue weighted by Gasteiger charge is -2.46. The first-order chi connectivity index (χ1) is 16.0. The van der Waals surface area contributed by atoms with E-state index in [1.807, 2.05) is 0 Å². The third-order valence-electron chi connectivity index (χ3n) is 6.66. The van der Waals surface area contributed by atoms with Crippen LogP contribution in [0.25, 0.3) is 0 Å². The minimum Gasteiger partial charge on any atom is -0.508 e. The van der Waals surface area contributed by atoms with Crippen LogP contribution in [0, 0.1) is 17.7 Å². The highest BCUT2D eigenvalue weighted by molar-refractivity contribution is 6.76. The standard InChI is InChI=1S/C26H29FO6Si/c1-34(2,3)10-9-32-25(30)23-20-13-21(29)22(19-12-17(28)7-8-18(19)20)24(23)26(31)33-14-15-5-4-6-16(27)11-15/h4-8,11-12,20,22-24,28H,9-10,13-14H2,1-3H3. The zero-order chi connectivity index (χ0) is 24.6. The Bertz CT molecular complexity index is 1120. The molecule has 0 spiro atoms. The van der Waals surface area contributed by atoms with Crippen molar-refractivity contribution < 1.29 is 33.4 Å². The Morgan fingerprint density at radius 2 is 1.76 bits per heavy atom. The van der Waals surface area contributed by atoms with E-state index in [9.17, 15) is 23.9 Å². The van der Waals surface area contributed by atoms with Crippen LogP contribution in [-0.4, -0.2) is 37.5 Å². The summed E-state index contributed by atoms with van der Waals surface area (Å²) in [7, 11) is -1.44. The molecule has 8 heteroatoms. The minimum absolute atomic E-state index is 0.0137. The van der Waals surface area contributed by atoms with Gasteiger partial charge in [0, 0.05) is 20.4 Å². The number of rotatable bonds is 7. The summed E-state index contributed by atoms with van der Waals surface area (Å²) >= 11 is 0. The third-order valence-corrected chi connectivity index (χ3v) is 8.37. The fraction of sp³-hybridized carbons (Fsp3) is 0.423. The van der Waals surface area contributed by atoms with Crippen molar-refractivity contribution in [2.75, 3.05) is 6.61 Å². The highest BCUT2D eigenvalue weighted by atomic mass is 28.3. The van der Waals surface area contributed by atoms with Gasteiger partial charge in [-0.3, -0.25) is 14.4 Å². The predicted octanol–water partition coefficient (Wildman–Crippen LogP) is 4.54. The summed E-state index contributed by atoms with van der Waals surface area (Å²) in [6.07, 6.45) is 0.129. The van der Waals surface area contributed by atoms with Crippen molar-refractivity contribution in [2.24, 2.45) is 11.8 Å². The lowest BCUT2D eigenvalue weighted by atomic mass is 9.55. The molecule has 2 aromatic rings. The van der Waals surface area contributed by atoms with Crippen molar-refractivity contribution in [1.82, 2.24) is 0 Å². The number of halogens is 1. The summed E-state index contributed by atoms with van der Waals surface area (Å²) in [5.74, 6) is -5.19. The maximum Gasteiger partial charge on any atom is 0.311 e. The second kappa shape index (κ2) is 9.33. The van der Waals surface area contributed by atoms with Crippen molar-refractivity contribution >= 4 is 25.8 Å². The van der Waals surface area contributed by atoms with Gasteiger partial charge in [-0.05, 0) is 47.0 Å². The second-order valence-electron chi connectivity index (χ2n) is 10.3. The summed E-state index contributed by atoms with van der Waals surface area (Å²) in [5, 5.41) is 10.0. The fourth-order valence-corrected chi connectivity index (χ4v) is 5.71. The minimum atomic E-state index is -1.44. The van der Waals surface area contributed by atoms with Crippen LogP contribution in [0.15, 0.2) is 42.5 Å². The van der Waals surface area contributed by atoms with Gasteiger partial charge in [0.25, 0.3) is 0 Å². The molecule has 1 saturated carbocycles. The van der Waals surface area contributed by atoms with Crippen LogP contribution in [0.5, 0.6) is 5.75 Å². The zero-order valence-electron chi connectivity index (χ0n) is 19.5. The molecule has 5 rings (SSSR count). The molecule has 2 bridgehead atoms. The van der Waals surface area contributed by atoms with Gasteiger partial charge in [0.1, 0.15) is 24.0 Å². The van der Waals surface area contributed by atoms with Gasteiger partial charge in [-0.25, -0.2) is 4.39 Å². The molecule has 1 N–H and O–H groups in total. The first-order valence-corrected chi connectivity index (χ1v) is 15.2. The summed E-state index contributed by atoms with van der Waals surface area (Å²) in [6, 6.07) is 11.2. The van der Waals surface area contributed by atoms with Crippen LogP contribution in [0.1, 0.15) is 34.9 Å². The topological polar surface area (TPSA) is 89.9 Å². The van der Waals surface area contributed by atoms with E-state index in [1.54, 1.807) is 12.1 Å². The molecule has 0 heterocycles. The van der Waals surface area contributed by atoms with Crippen LogP contribution in [-0.2, 0) is 30.5 Å². The number of fused-ring (bicyclic) bond motifs is 2. The number of hydrogen-bond acceptors (Lipinski definition) is 6. The molecule has 3 aliphatic rings. The Hall–Kier alpha value is -3.00. The van der Waals surface area contributed by atoms with E-state index in [0.717, 1.165) is 11.6 Å². The van der Waals surface area contributed by atoms with Crippen LogP contribution in [0.2, 0.25) is 25.7 Å². The Morgan fingerprint density at radius 1 is 1.03 bits per heavy atom. The van der Waals surface area contributed by atoms with Gasteiger partial charge < -0.3 is 14.6 Å². The van der Waals surface area contributed by atoms with E-state index in [1.165, 1.54) is 30.3 Å². The molecule has 1 fully saturated rings. The van der Waals surface area contributed by atoms with Crippen LogP contribution >= 0.6 is 0 Å². The molecule has 34 heavy (non-hydrogen) atoms. The molecule has 0 amide bonds. The van der Waals surface area contributed by atoms with E-state index < -0.39 is 49.5 Å². The molecule has 0 radical (unpaired) electrons. The molecular weight excluding hydrogens is 455 g/mol. The zero-order valence-corrected chi connectivity index (χ0v) is 20.5. The van der Waals surface area contributed by atoms with Crippen molar-refractivity contribution in [3.8, 4) is 5.75 Å². The van der Waals surface area contributed by atoms with E-state index in [4.69, 9.17) is 9.47 Å². The summed E-state index contributed by atoms with van der Waals surface area (Å²) in [6.45, 7) is 6.62. The number of aromatic hydroxyl groups is 1. The first-order valence-electron chi connectivity index (χ1n) is 11.5. The van der Waals surface area contributed by atoms with Crippen molar-refractivity contribution in [3.05, 3.63) is 65.0 Å². The number of ether oxygens (including phenoxy) is 2. The van der Waals surface area contributed by atoms with Crippen molar-refractivity contribution in [2.45, 2.75) is 50.5 Å². The number of esters is 2. The lowest BCUT2D eigenvalue weighted by molar-refractivity contribution is -0.168. The molecule has 4 unspecified atom stereocenters. The Balaban J connectivity index is 1.63. The Labute approximate surface area is 199 Å². The average Bonchev–Trinajstić information content (AvgIpc) is 2.76. The lowest BCUT2D eigenvalue weighted by Crippen LogP contribution is -2.50. The summed E-state index contributed by atoms with van der Waals surface area (Å²) in [4.78, 5) is 39.6. The number of phenolic OH excluding ortho intramolecular Hbond substituents is 1. The highest BCUT2D eigenvalue weighted by Crippen LogP contribution is 2.55. The van der Waals surface area contributed by atoms with Gasteiger partial charge in [-0.15, -0.1) is 0 Å². The third kappa shape index (κ3) is 4.92. The van der Waals surface area contributed by atoms with Crippen LogP contribution in [0.4, 0.5) is 4.39 Å². The molecule has 180 valence electrons. The van der Waals surface area contributed by atoms with E-state index in [0.29, 0.717) is 11.1 Å². The number of phenols is 1. The molecule has 2 aromatic carbocycles. The second-order valence-corrected chi connectivity index (χ2v) is 16.0. The van der Waals surface area contributed by atoms with Gasteiger partial charge in [0.2, 0.25) is 0 Å². The number of benzene rings is 2.